The van der Waals surface area contributed by atoms with E-state index in [-0.39, 0.29) is 0 Å². The largest absolute Gasteiger partial charge is 0.328 e. The van der Waals surface area contributed by atoms with Crippen LogP contribution in [0.2, 0.25) is 0 Å². The van der Waals surface area contributed by atoms with E-state index in [0.29, 0.717) is 6.04 Å². The summed E-state index contributed by atoms with van der Waals surface area (Å²) in [6.07, 6.45) is 10.9. The van der Waals surface area contributed by atoms with E-state index in [0.717, 1.165) is 17.9 Å². The topological polar surface area (TPSA) is 29.3 Å². The number of hydrogen-bond donors (Lipinski definition) is 1. The summed E-state index contributed by atoms with van der Waals surface area (Å²) in [5.74, 6) is 1.94. The maximum atomic E-state index is 5.98. The van der Waals surface area contributed by atoms with E-state index in [1.165, 1.54) is 57.9 Å². The first-order valence-electron chi connectivity index (χ1n) is 7.61. The summed E-state index contributed by atoms with van der Waals surface area (Å²) in [7, 11) is 2.33. The van der Waals surface area contributed by atoms with E-state index in [4.69, 9.17) is 5.73 Å². The molecule has 2 heteroatoms. The molecule has 0 aliphatic heterocycles. The summed E-state index contributed by atoms with van der Waals surface area (Å²) in [4.78, 5) is 2.63. The van der Waals surface area contributed by atoms with Gasteiger partial charge in [0.05, 0.1) is 0 Å². The van der Waals surface area contributed by atoms with E-state index in [1.807, 2.05) is 0 Å². The smallest absolute Gasteiger partial charge is 0.00934 e. The average molecular weight is 238 g/mol. The maximum Gasteiger partial charge on any atom is 0.00934 e. The second-order valence-electron chi connectivity index (χ2n) is 6.63. The summed E-state index contributed by atoms with van der Waals surface area (Å²) >= 11 is 0. The van der Waals surface area contributed by atoms with Crippen molar-refractivity contribution in [2.75, 3.05) is 13.6 Å². The minimum atomic E-state index is 0.482. The van der Waals surface area contributed by atoms with Crippen LogP contribution in [-0.4, -0.2) is 30.6 Å². The quantitative estimate of drug-likeness (QED) is 0.819. The lowest BCUT2D eigenvalue weighted by atomic mass is 9.82. The van der Waals surface area contributed by atoms with Crippen molar-refractivity contribution >= 4 is 0 Å². The van der Waals surface area contributed by atoms with E-state index >= 15 is 0 Å². The van der Waals surface area contributed by atoms with Crippen LogP contribution < -0.4 is 5.73 Å². The van der Waals surface area contributed by atoms with Crippen molar-refractivity contribution in [1.29, 1.82) is 0 Å². The normalized spacial score (nSPS) is 39.5. The third-order valence-electron chi connectivity index (χ3n) is 5.05. The summed E-state index contributed by atoms with van der Waals surface area (Å²) in [6.45, 7) is 3.73. The third kappa shape index (κ3) is 3.96. The van der Waals surface area contributed by atoms with Crippen molar-refractivity contribution < 1.29 is 0 Å². The molecule has 2 N–H and O–H groups in total. The third-order valence-corrected chi connectivity index (χ3v) is 5.05. The fraction of sp³-hybridized carbons (Fsp3) is 1.00. The Morgan fingerprint density at radius 2 is 1.53 bits per heavy atom. The number of nitrogens with two attached hydrogens (primary N) is 1. The van der Waals surface area contributed by atoms with Gasteiger partial charge in [0, 0.05) is 18.6 Å². The fourth-order valence-electron chi connectivity index (χ4n) is 3.61. The van der Waals surface area contributed by atoms with Crippen LogP contribution in [0.3, 0.4) is 0 Å². The van der Waals surface area contributed by atoms with Crippen molar-refractivity contribution in [2.45, 2.75) is 70.4 Å². The lowest BCUT2D eigenvalue weighted by Gasteiger charge is -2.37. The monoisotopic (exact) mass is 238 g/mol. The number of hydrogen-bond acceptors (Lipinski definition) is 2. The van der Waals surface area contributed by atoms with Gasteiger partial charge in [0.2, 0.25) is 0 Å². The van der Waals surface area contributed by atoms with Crippen molar-refractivity contribution in [1.82, 2.24) is 4.90 Å². The highest BCUT2D eigenvalue weighted by atomic mass is 15.1. The molecule has 0 saturated heterocycles. The van der Waals surface area contributed by atoms with Gasteiger partial charge in [0.1, 0.15) is 0 Å². The number of rotatable bonds is 3. The van der Waals surface area contributed by atoms with E-state index in [2.05, 4.69) is 18.9 Å². The van der Waals surface area contributed by atoms with Crippen molar-refractivity contribution in [3.8, 4) is 0 Å². The molecule has 0 aromatic carbocycles. The van der Waals surface area contributed by atoms with Crippen molar-refractivity contribution in [3.05, 3.63) is 0 Å². The first-order chi connectivity index (χ1) is 8.15. The molecule has 0 bridgehead atoms. The van der Waals surface area contributed by atoms with Crippen LogP contribution in [0.5, 0.6) is 0 Å². The molecule has 17 heavy (non-hydrogen) atoms. The molecule has 2 fully saturated rings. The molecule has 0 amide bonds. The molecule has 0 spiro atoms. The Morgan fingerprint density at radius 3 is 2.12 bits per heavy atom. The summed E-state index contributed by atoms with van der Waals surface area (Å²) < 4.78 is 0. The Hall–Kier alpha value is -0.0800. The second-order valence-corrected chi connectivity index (χ2v) is 6.63. The first-order valence-corrected chi connectivity index (χ1v) is 7.61. The van der Waals surface area contributed by atoms with Crippen LogP contribution in [0.25, 0.3) is 0 Å². The van der Waals surface area contributed by atoms with Gasteiger partial charge in [-0.25, -0.2) is 0 Å². The van der Waals surface area contributed by atoms with Crippen molar-refractivity contribution in [2.24, 2.45) is 17.6 Å². The molecule has 2 aliphatic rings. The van der Waals surface area contributed by atoms with Gasteiger partial charge in [-0.15, -0.1) is 0 Å². The van der Waals surface area contributed by atoms with Crippen LogP contribution in [0, 0.1) is 11.8 Å². The molecule has 0 aromatic heterocycles. The van der Waals surface area contributed by atoms with Gasteiger partial charge < -0.3 is 10.6 Å². The van der Waals surface area contributed by atoms with Gasteiger partial charge >= 0.3 is 0 Å². The predicted octanol–water partition coefficient (Wildman–Crippen LogP) is 3.01. The molecular formula is C15H30N2. The zero-order valence-electron chi connectivity index (χ0n) is 11.7. The van der Waals surface area contributed by atoms with E-state index in [9.17, 15) is 0 Å². The van der Waals surface area contributed by atoms with Gasteiger partial charge in [0.15, 0.2) is 0 Å². The standard InChI is InChI=1S/C15H30N2/c1-12-3-5-13(6-4-12)11-17(2)15-9-7-14(16)8-10-15/h12-15H,3-11,16H2,1-2H3. The Bertz CT molecular complexity index is 213. The highest BCUT2D eigenvalue weighted by molar-refractivity contribution is 4.81. The Balaban J connectivity index is 1.71. The highest BCUT2D eigenvalue weighted by Gasteiger charge is 2.25. The van der Waals surface area contributed by atoms with Crippen LogP contribution >= 0.6 is 0 Å². The molecular weight excluding hydrogens is 208 g/mol. The van der Waals surface area contributed by atoms with Gasteiger partial charge in [-0.1, -0.05) is 19.8 Å². The summed E-state index contributed by atoms with van der Waals surface area (Å²) in [5, 5.41) is 0. The minimum absolute atomic E-state index is 0.482. The highest BCUT2D eigenvalue weighted by Crippen LogP contribution is 2.30. The van der Waals surface area contributed by atoms with E-state index < -0.39 is 0 Å². The lowest BCUT2D eigenvalue weighted by molar-refractivity contribution is 0.138. The first kappa shape index (κ1) is 13.4. The molecule has 2 nitrogen and oxygen atoms in total. The molecule has 100 valence electrons. The van der Waals surface area contributed by atoms with Crippen LogP contribution in [0.1, 0.15) is 58.3 Å². The molecule has 2 saturated carbocycles. The zero-order chi connectivity index (χ0) is 12.3. The summed E-state index contributed by atoms with van der Waals surface area (Å²) in [6, 6.07) is 1.30. The SMILES string of the molecule is CC1CCC(CN(C)C2CCC(N)CC2)CC1. The molecule has 0 aromatic rings. The van der Waals surface area contributed by atoms with Crippen LogP contribution in [0.15, 0.2) is 0 Å². The van der Waals surface area contributed by atoms with Gasteiger partial charge in [-0.2, -0.15) is 0 Å². The summed E-state index contributed by atoms with van der Waals surface area (Å²) in [5.41, 5.74) is 5.98. The zero-order valence-corrected chi connectivity index (χ0v) is 11.7. The van der Waals surface area contributed by atoms with Crippen molar-refractivity contribution in [3.63, 3.8) is 0 Å². The predicted molar refractivity (Wildman–Crippen MR) is 74.0 cm³/mol. The van der Waals surface area contributed by atoms with Gasteiger partial charge in [-0.3, -0.25) is 0 Å². The molecule has 2 rings (SSSR count). The minimum Gasteiger partial charge on any atom is -0.328 e. The second kappa shape index (κ2) is 6.19. The molecule has 0 atom stereocenters. The average Bonchev–Trinajstić information content (AvgIpc) is 2.33. The number of nitrogens with zero attached hydrogens (tertiary/aromatic N) is 1. The molecule has 0 heterocycles. The molecule has 0 radical (unpaired) electrons. The van der Waals surface area contributed by atoms with Crippen LogP contribution in [-0.2, 0) is 0 Å². The Morgan fingerprint density at radius 1 is 0.941 bits per heavy atom. The van der Waals surface area contributed by atoms with E-state index in [1.54, 1.807) is 0 Å². The van der Waals surface area contributed by atoms with Gasteiger partial charge in [0.25, 0.3) is 0 Å². The Labute approximate surface area is 107 Å². The molecule has 0 unspecified atom stereocenters. The maximum absolute atomic E-state index is 5.98. The molecule has 2 aliphatic carbocycles. The lowest BCUT2D eigenvalue weighted by Crippen LogP contribution is -2.41. The fourth-order valence-corrected chi connectivity index (χ4v) is 3.61. The Kier molecular flexibility index (Phi) is 4.87. The van der Waals surface area contributed by atoms with Crippen LogP contribution in [0.4, 0.5) is 0 Å². The van der Waals surface area contributed by atoms with Gasteiger partial charge in [-0.05, 0) is 57.4 Å².